The smallest absolute Gasteiger partial charge is 0.325 e. The first-order chi connectivity index (χ1) is 9.49. The topological polar surface area (TPSA) is 61.5 Å². The summed E-state index contributed by atoms with van der Waals surface area (Å²) in [7, 11) is 1.34. The summed E-state index contributed by atoms with van der Waals surface area (Å²) in [6.07, 6.45) is 3.91. The minimum Gasteiger partial charge on any atom is -0.494 e. The first-order valence-electron chi connectivity index (χ1n) is 7.08. The Bertz CT molecular complexity index is 412. The number of carbonyl (C=O) groups excluding carboxylic acids is 1. The summed E-state index contributed by atoms with van der Waals surface area (Å²) in [4.78, 5) is 11.4. The van der Waals surface area contributed by atoms with E-state index in [1.807, 2.05) is 12.1 Å². The van der Waals surface area contributed by atoms with Crippen molar-refractivity contribution in [3.63, 3.8) is 0 Å². The fourth-order valence-corrected chi connectivity index (χ4v) is 1.85. The number of nitrogens with two attached hydrogens (primary N) is 1. The van der Waals surface area contributed by atoms with Crippen molar-refractivity contribution < 1.29 is 14.3 Å². The van der Waals surface area contributed by atoms with Gasteiger partial charge in [-0.15, -0.1) is 0 Å². The maximum absolute atomic E-state index is 11.4. The molecule has 4 heteroatoms. The molecule has 0 amide bonds. The second-order valence-electron chi connectivity index (χ2n) is 5.26. The normalized spacial score (nSPS) is 13.6. The van der Waals surface area contributed by atoms with Crippen LogP contribution < -0.4 is 10.5 Å². The highest BCUT2D eigenvalue weighted by Crippen LogP contribution is 2.15. The van der Waals surface area contributed by atoms with Crippen LogP contribution in [-0.4, -0.2) is 25.2 Å². The molecule has 0 aliphatic heterocycles. The molecule has 0 saturated carbocycles. The Morgan fingerprint density at radius 2 is 1.95 bits per heavy atom. The third kappa shape index (κ3) is 5.21. The molecule has 112 valence electrons. The van der Waals surface area contributed by atoms with Gasteiger partial charge in [-0.2, -0.15) is 0 Å². The zero-order chi connectivity index (χ0) is 15.0. The summed E-state index contributed by atoms with van der Waals surface area (Å²) in [5, 5.41) is 0. The molecule has 0 aliphatic rings. The van der Waals surface area contributed by atoms with E-state index < -0.39 is 11.5 Å². The molecule has 1 rings (SSSR count). The fourth-order valence-electron chi connectivity index (χ4n) is 1.85. The standard InChI is InChI=1S/C16H25NO3/c1-4-5-6-13-7-9-14(10-8-13)20-12-11-16(2,17)15(18)19-3/h7-10H,4-6,11-12,17H2,1-3H3. The maximum atomic E-state index is 11.4. The summed E-state index contributed by atoms with van der Waals surface area (Å²) in [5.41, 5.74) is 6.17. The fraction of sp³-hybridized carbons (Fsp3) is 0.562. The van der Waals surface area contributed by atoms with Crippen LogP contribution in [0.3, 0.4) is 0 Å². The summed E-state index contributed by atoms with van der Waals surface area (Å²) < 4.78 is 10.3. The first kappa shape index (κ1) is 16.5. The molecule has 0 heterocycles. The minimum atomic E-state index is -1.00. The third-order valence-corrected chi connectivity index (χ3v) is 3.28. The van der Waals surface area contributed by atoms with Crippen molar-refractivity contribution in [2.45, 2.75) is 45.1 Å². The predicted molar refractivity (Wildman–Crippen MR) is 79.8 cm³/mol. The highest BCUT2D eigenvalue weighted by molar-refractivity contribution is 5.79. The Hall–Kier alpha value is -1.55. The van der Waals surface area contributed by atoms with E-state index in [2.05, 4.69) is 23.8 Å². The van der Waals surface area contributed by atoms with Gasteiger partial charge in [0, 0.05) is 6.42 Å². The van der Waals surface area contributed by atoms with Gasteiger partial charge in [-0.05, 0) is 37.5 Å². The number of aryl methyl sites for hydroxylation is 1. The Morgan fingerprint density at radius 3 is 2.50 bits per heavy atom. The van der Waals surface area contributed by atoms with Gasteiger partial charge in [-0.3, -0.25) is 4.79 Å². The van der Waals surface area contributed by atoms with E-state index in [9.17, 15) is 4.79 Å². The zero-order valence-electron chi connectivity index (χ0n) is 12.6. The lowest BCUT2D eigenvalue weighted by Crippen LogP contribution is -2.46. The highest BCUT2D eigenvalue weighted by atomic mass is 16.5. The SMILES string of the molecule is CCCCc1ccc(OCCC(C)(N)C(=O)OC)cc1. The molecule has 1 aromatic carbocycles. The van der Waals surface area contributed by atoms with Crippen LogP contribution in [0.2, 0.25) is 0 Å². The average Bonchev–Trinajstić information content (AvgIpc) is 2.45. The Morgan fingerprint density at radius 1 is 1.30 bits per heavy atom. The van der Waals surface area contributed by atoms with Gasteiger partial charge in [0.25, 0.3) is 0 Å². The van der Waals surface area contributed by atoms with Gasteiger partial charge >= 0.3 is 5.97 Å². The Labute approximate surface area is 121 Å². The molecule has 0 spiro atoms. The molecule has 0 radical (unpaired) electrons. The van der Waals surface area contributed by atoms with Gasteiger partial charge in [0.1, 0.15) is 11.3 Å². The van der Waals surface area contributed by atoms with E-state index in [1.54, 1.807) is 6.92 Å². The lowest BCUT2D eigenvalue weighted by atomic mass is 10.0. The van der Waals surface area contributed by atoms with Gasteiger partial charge < -0.3 is 15.2 Å². The second-order valence-corrected chi connectivity index (χ2v) is 5.26. The van der Waals surface area contributed by atoms with Crippen LogP contribution in [0.15, 0.2) is 24.3 Å². The number of ether oxygens (including phenoxy) is 2. The van der Waals surface area contributed by atoms with Crippen molar-refractivity contribution >= 4 is 5.97 Å². The molecule has 0 fully saturated rings. The van der Waals surface area contributed by atoms with Crippen molar-refractivity contribution in [1.82, 2.24) is 0 Å². The van der Waals surface area contributed by atoms with E-state index in [1.165, 1.54) is 25.5 Å². The lowest BCUT2D eigenvalue weighted by molar-refractivity contribution is -0.146. The highest BCUT2D eigenvalue weighted by Gasteiger charge is 2.29. The summed E-state index contributed by atoms with van der Waals surface area (Å²) in [5.74, 6) is 0.377. The van der Waals surface area contributed by atoms with Crippen LogP contribution in [-0.2, 0) is 16.0 Å². The molecular formula is C16H25NO3. The number of hydrogen-bond donors (Lipinski definition) is 1. The van der Waals surface area contributed by atoms with Gasteiger partial charge in [0.15, 0.2) is 0 Å². The number of methoxy groups -OCH3 is 1. The van der Waals surface area contributed by atoms with Crippen LogP contribution in [0.1, 0.15) is 38.7 Å². The van der Waals surface area contributed by atoms with Crippen LogP contribution in [0.4, 0.5) is 0 Å². The Balaban J connectivity index is 2.40. The number of benzene rings is 1. The second kappa shape index (κ2) is 7.90. The molecular weight excluding hydrogens is 254 g/mol. The van der Waals surface area contributed by atoms with Gasteiger partial charge in [-0.25, -0.2) is 0 Å². The monoisotopic (exact) mass is 279 g/mol. The predicted octanol–water partition coefficient (Wildman–Crippen LogP) is 2.69. The Kier molecular flexibility index (Phi) is 6.52. The molecule has 4 nitrogen and oxygen atoms in total. The van der Waals surface area contributed by atoms with Crippen molar-refractivity contribution in [2.75, 3.05) is 13.7 Å². The van der Waals surface area contributed by atoms with E-state index in [4.69, 9.17) is 10.5 Å². The number of esters is 1. The summed E-state index contributed by atoms with van der Waals surface area (Å²) in [6.45, 7) is 4.22. The van der Waals surface area contributed by atoms with Crippen LogP contribution in [0.25, 0.3) is 0 Å². The minimum absolute atomic E-state index is 0.385. The molecule has 1 aromatic rings. The molecule has 0 bridgehead atoms. The number of rotatable bonds is 8. The largest absolute Gasteiger partial charge is 0.494 e. The average molecular weight is 279 g/mol. The van der Waals surface area contributed by atoms with E-state index in [0.717, 1.165) is 12.2 Å². The molecule has 0 aromatic heterocycles. The zero-order valence-corrected chi connectivity index (χ0v) is 12.6. The van der Waals surface area contributed by atoms with Crippen molar-refractivity contribution in [2.24, 2.45) is 5.73 Å². The van der Waals surface area contributed by atoms with Crippen LogP contribution >= 0.6 is 0 Å². The first-order valence-corrected chi connectivity index (χ1v) is 7.08. The van der Waals surface area contributed by atoms with Crippen LogP contribution in [0.5, 0.6) is 5.75 Å². The van der Waals surface area contributed by atoms with Crippen molar-refractivity contribution in [3.8, 4) is 5.75 Å². The van der Waals surface area contributed by atoms with E-state index in [-0.39, 0.29) is 0 Å². The van der Waals surface area contributed by atoms with E-state index in [0.29, 0.717) is 13.0 Å². The van der Waals surface area contributed by atoms with Crippen molar-refractivity contribution in [1.29, 1.82) is 0 Å². The van der Waals surface area contributed by atoms with Gasteiger partial charge in [0.05, 0.1) is 13.7 Å². The molecule has 0 aliphatic carbocycles. The van der Waals surface area contributed by atoms with Crippen molar-refractivity contribution in [3.05, 3.63) is 29.8 Å². The summed E-state index contributed by atoms with van der Waals surface area (Å²) in [6, 6.07) is 8.06. The number of carbonyl (C=O) groups is 1. The molecule has 1 unspecified atom stereocenters. The number of hydrogen-bond acceptors (Lipinski definition) is 4. The molecule has 1 atom stereocenters. The number of unbranched alkanes of at least 4 members (excludes halogenated alkanes) is 1. The lowest BCUT2D eigenvalue weighted by Gasteiger charge is -2.21. The van der Waals surface area contributed by atoms with Crippen LogP contribution in [0, 0.1) is 0 Å². The quantitative estimate of drug-likeness (QED) is 0.743. The molecule has 0 saturated heterocycles. The molecule has 2 N–H and O–H groups in total. The van der Waals surface area contributed by atoms with E-state index >= 15 is 0 Å². The summed E-state index contributed by atoms with van der Waals surface area (Å²) >= 11 is 0. The molecule has 20 heavy (non-hydrogen) atoms. The third-order valence-electron chi connectivity index (χ3n) is 3.28. The maximum Gasteiger partial charge on any atom is 0.325 e. The van der Waals surface area contributed by atoms with Gasteiger partial charge in [0.2, 0.25) is 0 Å². The van der Waals surface area contributed by atoms with Gasteiger partial charge in [-0.1, -0.05) is 25.5 Å².